The molecular formula is C29H38N7O5P. The Morgan fingerprint density at radius 2 is 1.90 bits per heavy atom. The topological polar surface area (TPSA) is 156 Å². The number of ether oxygens (including phenoxy) is 1. The molecule has 2 aromatic heterocycles. The van der Waals surface area contributed by atoms with Crippen LogP contribution in [0.15, 0.2) is 48.8 Å². The Kier molecular flexibility index (Phi) is 8.46. The number of carbonyl (C=O) groups is 1. The number of imidazole rings is 1. The van der Waals surface area contributed by atoms with Gasteiger partial charge in [-0.15, -0.1) is 0 Å². The average molecular weight is 596 g/mol. The highest BCUT2D eigenvalue weighted by Gasteiger charge is 2.34. The zero-order valence-corrected chi connectivity index (χ0v) is 24.6. The molecule has 13 heteroatoms. The van der Waals surface area contributed by atoms with Gasteiger partial charge in [-0.25, -0.2) is 9.55 Å². The highest BCUT2D eigenvalue weighted by Crippen LogP contribution is 2.46. The fraction of sp³-hybridized carbons (Fsp3) is 0.517. The minimum Gasteiger partial charge on any atom is -0.464 e. The van der Waals surface area contributed by atoms with Crippen molar-refractivity contribution in [2.45, 2.75) is 70.0 Å². The van der Waals surface area contributed by atoms with Crippen LogP contribution < -0.4 is 20.7 Å². The van der Waals surface area contributed by atoms with E-state index < -0.39 is 19.8 Å². The number of anilines is 2. The van der Waals surface area contributed by atoms with E-state index in [4.69, 9.17) is 19.5 Å². The molecule has 1 aromatic carbocycles. The number of nitrogens with two attached hydrogens (primary N) is 1. The Hall–Kier alpha value is -3.47. The summed E-state index contributed by atoms with van der Waals surface area (Å²) in [5.74, 6) is 1.07. The smallest absolute Gasteiger partial charge is 0.459 e. The number of carbonyl (C=O) groups excluding carboxylic acids is 1. The number of nitrogens with one attached hydrogen (secondary N) is 2. The van der Waals surface area contributed by atoms with Crippen molar-refractivity contribution in [1.82, 2.24) is 24.6 Å². The molecule has 3 aliphatic carbocycles. The van der Waals surface area contributed by atoms with Gasteiger partial charge in [0, 0.05) is 12.0 Å². The van der Waals surface area contributed by atoms with E-state index in [1.165, 1.54) is 0 Å². The molecule has 0 amide bonds. The standard InChI is InChI=1S/C29H38N7O5P/c1-19(28(37)39-16-20-7-5-6-8-20)35-42(38,41-24-9-3-2-4-10-24)40-17-21-11-14-23(15-21)36-18-31-25-26(32-22-12-13-22)33-29(30)34-27(25)36/h2-4,9-11,14,18-23H,5-8,12-13,15-17H2,1H3,(H,35,38)(H3,30,32,33,34)/t19-,21+,23?,42?/m0/s1. The Morgan fingerprint density at radius 3 is 2.67 bits per heavy atom. The Balaban J connectivity index is 1.10. The number of hydrogen-bond donors (Lipinski definition) is 3. The molecule has 2 heterocycles. The molecule has 4 atom stereocenters. The molecule has 2 fully saturated rings. The zero-order chi connectivity index (χ0) is 29.1. The summed E-state index contributed by atoms with van der Waals surface area (Å²) in [6.45, 7) is 2.10. The summed E-state index contributed by atoms with van der Waals surface area (Å²) in [6.07, 6.45) is 13.2. The number of aromatic nitrogens is 4. The minimum absolute atomic E-state index is 0.0430. The van der Waals surface area contributed by atoms with Gasteiger partial charge in [0.15, 0.2) is 17.0 Å². The lowest BCUT2D eigenvalue weighted by molar-refractivity contribution is -0.146. The van der Waals surface area contributed by atoms with Crippen molar-refractivity contribution in [1.29, 1.82) is 0 Å². The van der Waals surface area contributed by atoms with Gasteiger partial charge in [-0.3, -0.25) is 9.32 Å². The van der Waals surface area contributed by atoms with E-state index in [0.717, 1.165) is 38.5 Å². The molecule has 3 aliphatic rings. The summed E-state index contributed by atoms with van der Waals surface area (Å²) in [4.78, 5) is 26.1. The van der Waals surface area contributed by atoms with Gasteiger partial charge in [-0.05, 0) is 57.1 Å². The van der Waals surface area contributed by atoms with Crippen molar-refractivity contribution in [3.8, 4) is 5.75 Å². The predicted octanol–water partition coefficient (Wildman–Crippen LogP) is 5.02. The Labute approximate surface area is 245 Å². The van der Waals surface area contributed by atoms with Crippen LogP contribution in [0.4, 0.5) is 11.8 Å². The van der Waals surface area contributed by atoms with Crippen LogP contribution in [0.5, 0.6) is 5.75 Å². The quantitative estimate of drug-likeness (QED) is 0.139. The monoisotopic (exact) mass is 595 g/mol. The van der Waals surface area contributed by atoms with E-state index in [1.54, 1.807) is 37.5 Å². The van der Waals surface area contributed by atoms with E-state index >= 15 is 0 Å². The van der Waals surface area contributed by atoms with Crippen molar-refractivity contribution in [3.63, 3.8) is 0 Å². The Morgan fingerprint density at radius 1 is 1.12 bits per heavy atom. The lowest BCUT2D eigenvalue weighted by Crippen LogP contribution is -2.36. The number of nitrogen functional groups attached to an aromatic ring is 1. The summed E-state index contributed by atoms with van der Waals surface area (Å²) >= 11 is 0. The maximum Gasteiger partial charge on any atom is 0.459 e. The maximum absolute atomic E-state index is 13.9. The van der Waals surface area contributed by atoms with Gasteiger partial charge in [0.05, 0.1) is 25.6 Å². The fourth-order valence-electron chi connectivity index (χ4n) is 5.48. The second-order valence-corrected chi connectivity index (χ2v) is 13.1. The van der Waals surface area contributed by atoms with Crippen molar-refractivity contribution in [2.24, 2.45) is 11.8 Å². The van der Waals surface area contributed by atoms with Gasteiger partial charge < -0.3 is 24.9 Å². The molecular weight excluding hydrogens is 557 g/mol. The second-order valence-electron chi connectivity index (χ2n) is 11.4. The molecule has 2 unspecified atom stereocenters. The fourth-order valence-corrected chi connectivity index (χ4v) is 7.02. The van der Waals surface area contributed by atoms with Crippen LogP contribution in [-0.2, 0) is 18.6 Å². The van der Waals surface area contributed by atoms with Crippen molar-refractivity contribution >= 4 is 36.6 Å². The van der Waals surface area contributed by atoms with Crippen LogP contribution in [0.3, 0.4) is 0 Å². The van der Waals surface area contributed by atoms with Crippen LogP contribution in [0.1, 0.15) is 57.9 Å². The molecule has 2 saturated carbocycles. The molecule has 6 rings (SSSR count). The van der Waals surface area contributed by atoms with Gasteiger partial charge in [0.2, 0.25) is 5.95 Å². The van der Waals surface area contributed by atoms with Crippen molar-refractivity contribution in [2.75, 3.05) is 24.3 Å². The van der Waals surface area contributed by atoms with E-state index in [0.29, 0.717) is 47.7 Å². The number of rotatable bonds is 13. The van der Waals surface area contributed by atoms with E-state index in [2.05, 4.69) is 31.4 Å². The molecule has 42 heavy (non-hydrogen) atoms. The second kappa shape index (κ2) is 12.4. The van der Waals surface area contributed by atoms with Gasteiger partial charge in [-0.2, -0.15) is 15.1 Å². The van der Waals surface area contributed by atoms with E-state index in [-0.39, 0.29) is 24.5 Å². The number of esters is 1. The molecule has 0 aliphatic heterocycles. The van der Waals surface area contributed by atoms with E-state index in [1.807, 2.05) is 16.7 Å². The lowest BCUT2D eigenvalue weighted by atomic mass is 10.1. The van der Waals surface area contributed by atoms with Gasteiger partial charge >= 0.3 is 13.7 Å². The summed E-state index contributed by atoms with van der Waals surface area (Å²) in [6, 6.07) is 8.25. The number of nitrogens with zero attached hydrogens (tertiary/aromatic N) is 4. The first-order valence-corrected chi connectivity index (χ1v) is 16.3. The van der Waals surface area contributed by atoms with Crippen molar-refractivity contribution < 1.29 is 23.1 Å². The molecule has 0 radical (unpaired) electrons. The molecule has 3 aromatic rings. The van der Waals surface area contributed by atoms with Gasteiger partial charge in [-0.1, -0.05) is 43.2 Å². The molecule has 224 valence electrons. The zero-order valence-electron chi connectivity index (χ0n) is 23.7. The van der Waals surface area contributed by atoms with Gasteiger partial charge in [0.25, 0.3) is 0 Å². The van der Waals surface area contributed by atoms with Crippen LogP contribution in [0.25, 0.3) is 11.2 Å². The Bertz CT molecular complexity index is 1470. The number of benzene rings is 1. The lowest BCUT2D eigenvalue weighted by Gasteiger charge is -2.24. The summed E-state index contributed by atoms with van der Waals surface area (Å²) in [7, 11) is -3.94. The normalized spacial score (nSPS) is 22.7. The third-order valence-electron chi connectivity index (χ3n) is 7.93. The first-order valence-electron chi connectivity index (χ1n) is 14.7. The van der Waals surface area contributed by atoms with Crippen LogP contribution in [0, 0.1) is 11.8 Å². The van der Waals surface area contributed by atoms with Crippen LogP contribution in [0.2, 0.25) is 0 Å². The summed E-state index contributed by atoms with van der Waals surface area (Å²) < 4.78 is 33.2. The predicted molar refractivity (Wildman–Crippen MR) is 159 cm³/mol. The first kappa shape index (κ1) is 28.6. The van der Waals surface area contributed by atoms with Crippen LogP contribution in [-0.4, -0.2) is 50.8 Å². The summed E-state index contributed by atoms with van der Waals surface area (Å²) in [5.41, 5.74) is 7.36. The first-order chi connectivity index (χ1) is 20.3. The highest BCUT2D eigenvalue weighted by molar-refractivity contribution is 7.52. The van der Waals surface area contributed by atoms with E-state index in [9.17, 15) is 9.36 Å². The highest BCUT2D eigenvalue weighted by atomic mass is 31.2. The molecule has 0 bridgehead atoms. The number of fused-ring (bicyclic) bond motifs is 1. The molecule has 0 spiro atoms. The average Bonchev–Trinajstić information content (AvgIpc) is 3.34. The number of para-hydroxylation sites is 1. The third kappa shape index (κ3) is 6.94. The molecule has 0 saturated heterocycles. The largest absolute Gasteiger partial charge is 0.464 e. The van der Waals surface area contributed by atoms with Gasteiger partial charge in [0.1, 0.15) is 11.8 Å². The maximum atomic E-state index is 13.9. The molecule has 4 N–H and O–H groups in total. The number of hydrogen-bond acceptors (Lipinski definition) is 10. The SMILES string of the molecule is C[C@H](NP(=O)(OC[C@@H]1C=CC(n2cnc3c(NC4CC4)nc(N)nc32)C1)Oc1ccccc1)C(=O)OCC1CCCC1. The number of allylic oxidation sites excluding steroid dienone is 1. The van der Waals surface area contributed by atoms with Crippen LogP contribution >= 0.6 is 7.75 Å². The summed E-state index contributed by atoms with van der Waals surface area (Å²) in [5, 5.41) is 6.18. The minimum atomic E-state index is -3.94. The molecule has 12 nitrogen and oxygen atoms in total. The third-order valence-corrected chi connectivity index (χ3v) is 9.58. The van der Waals surface area contributed by atoms with Crippen molar-refractivity contribution in [3.05, 3.63) is 48.8 Å².